The number of carboxylic acids is 1. The van der Waals surface area contributed by atoms with Crippen LogP contribution in [0, 0.1) is 0 Å². The van der Waals surface area contributed by atoms with Crippen molar-refractivity contribution in [1.82, 2.24) is 4.98 Å². The smallest absolute Gasteiger partial charge is 0.550 e. The van der Waals surface area contributed by atoms with Crippen LogP contribution in [-0.4, -0.2) is 11.0 Å². The molecule has 3 nitrogen and oxygen atoms in total. The molecule has 0 fully saturated rings. The molecule has 1 aromatic carbocycles. The largest absolute Gasteiger partial charge is 1.00 e. The van der Waals surface area contributed by atoms with E-state index in [1.54, 1.807) is 5.38 Å². The van der Waals surface area contributed by atoms with Crippen LogP contribution in [0.4, 0.5) is 0 Å². The maximum atomic E-state index is 10.5. The van der Waals surface area contributed by atoms with Crippen molar-refractivity contribution in [2.45, 2.75) is 19.8 Å². The molecule has 0 spiro atoms. The summed E-state index contributed by atoms with van der Waals surface area (Å²) in [5, 5.41) is 13.1. The fraction of sp³-hybridized carbons (Fsp3) is 0.231. The van der Waals surface area contributed by atoms with Crippen LogP contribution >= 0.6 is 11.3 Å². The zero-order valence-corrected chi connectivity index (χ0v) is 13.3. The first-order chi connectivity index (χ1) is 8.19. The number of carboxylic acid groups (broad SMARTS) is 1. The van der Waals surface area contributed by atoms with Gasteiger partial charge in [-0.05, 0) is 12.0 Å². The monoisotopic (exact) mass is 269 g/mol. The van der Waals surface area contributed by atoms with Crippen molar-refractivity contribution in [1.29, 1.82) is 0 Å². The van der Waals surface area contributed by atoms with Gasteiger partial charge in [0.25, 0.3) is 0 Å². The van der Waals surface area contributed by atoms with Gasteiger partial charge >= 0.3 is 29.6 Å². The minimum Gasteiger partial charge on any atom is -0.550 e. The molecule has 0 N–H and O–H groups in total. The van der Waals surface area contributed by atoms with Crippen LogP contribution in [0.5, 0.6) is 0 Å². The topological polar surface area (TPSA) is 53.0 Å². The van der Waals surface area contributed by atoms with Crippen LogP contribution in [0.25, 0.3) is 10.6 Å². The van der Waals surface area contributed by atoms with Gasteiger partial charge in [0, 0.05) is 23.3 Å². The van der Waals surface area contributed by atoms with E-state index in [4.69, 9.17) is 0 Å². The van der Waals surface area contributed by atoms with Crippen molar-refractivity contribution in [3.05, 3.63) is 40.9 Å². The molecule has 18 heavy (non-hydrogen) atoms. The number of rotatable bonds is 4. The molecule has 0 aliphatic heterocycles. The number of carbonyl (C=O) groups excluding carboxylic acids is 1. The predicted octanol–water partition coefficient (Wildman–Crippen LogP) is -1.33. The Balaban J connectivity index is 0.00000162. The predicted molar refractivity (Wildman–Crippen MR) is 65.6 cm³/mol. The number of aromatic nitrogens is 1. The zero-order valence-electron chi connectivity index (χ0n) is 10.5. The van der Waals surface area contributed by atoms with Gasteiger partial charge in [-0.2, -0.15) is 0 Å². The average molecular weight is 269 g/mol. The summed E-state index contributed by atoms with van der Waals surface area (Å²) >= 11 is 1.46. The van der Waals surface area contributed by atoms with Crippen LogP contribution in [0.15, 0.2) is 29.6 Å². The number of aryl methyl sites for hydroxylation is 1. The summed E-state index contributed by atoms with van der Waals surface area (Å²) < 4.78 is 0. The van der Waals surface area contributed by atoms with Crippen molar-refractivity contribution in [3.63, 3.8) is 0 Å². The summed E-state index contributed by atoms with van der Waals surface area (Å²) in [6, 6.07) is 8.16. The molecule has 0 saturated heterocycles. The molecule has 1 heterocycles. The first-order valence-corrected chi connectivity index (χ1v) is 6.30. The minimum atomic E-state index is -1.09. The van der Waals surface area contributed by atoms with Crippen molar-refractivity contribution >= 4 is 17.3 Å². The van der Waals surface area contributed by atoms with Gasteiger partial charge < -0.3 is 9.90 Å². The number of hydrogen-bond acceptors (Lipinski definition) is 4. The van der Waals surface area contributed by atoms with E-state index in [2.05, 4.69) is 24.0 Å². The zero-order chi connectivity index (χ0) is 12.3. The van der Waals surface area contributed by atoms with E-state index in [1.807, 2.05) is 12.1 Å². The Kier molecular flexibility index (Phi) is 6.02. The number of benzene rings is 1. The fourth-order valence-corrected chi connectivity index (χ4v) is 2.38. The van der Waals surface area contributed by atoms with Gasteiger partial charge in [-0.3, -0.25) is 0 Å². The number of thiazole rings is 1. The normalized spacial score (nSPS) is 9.83. The summed E-state index contributed by atoms with van der Waals surface area (Å²) in [4.78, 5) is 14.7. The van der Waals surface area contributed by atoms with Crippen LogP contribution < -0.4 is 34.7 Å². The Bertz CT molecular complexity index is 522. The van der Waals surface area contributed by atoms with Crippen LogP contribution in [0.2, 0.25) is 0 Å². The molecule has 0 saturated carbocycles. The molecule has 0 radical (unpaired) electrons. The molecular weight excluding hydrogens is 257 g/mol. The molecule has 0 bridgehead atoms. The third kappa shape index (κ3) is 3.92. The van der Waals surface area contributed by atoms with Gasteiger partial charge in [0.2, 0.25) is 0 Å². The van der Waals surface area contributed by atoms with E-state index in [9.17, 15) is 9.90 Å². The standard InChI is InChI=1S/C13H13NO2S.Na/c1-2-9-3-5-10(6-4-9)13-14-11(8-17-13)7-12(15)16;/h3-6,8H,2,7H2,1H3,(H,15,16);/q;+1/p-1. The first kappa shape index (κ1) is 15.4. The molecule has 0 unspecified atom stereocenters. The number of nitrogens with zero attached hydrogens (tertiary/aromatic N) is 1. The Morgan fingerprint density at radius 3 is 2.56 bits per heavy atom. The molecule has 2 aromatic rings. The summed E-state index contributed by atoms with van der Waals surface area (Å²) in [7, 11) is 0. The van der Waals surface area contributed by atoms with Crippen molar-refractivity contribution in [2.24, 2.45) is 0 Å². The third-order valence-electron chi connectivity index (χ3n) is 2.49. The van der Waals surface area contributed by atoms with Crippen molar-refractivity contribution in [2.75, 3.05) is 0 Å². The van der Waals surface area contributed by atoms with Gasteiger partial charge in [0.15, 0.2) is 0 Å². The van der Waals surface area contributed by atoms with E-state index < -0.39 is 5.97 Å². The fourth-order valence-electron chi connectivity index (χ4n) is 1.55. The number of carbonyl (C=O) groups is 1. The van der Waals surface area contributed by atoms with Gasteiger partial charge in [-0.1, -0.05) is 31.2 Å². The van der Waals surface area contributed by atoms with Gasteiger partial charge in [-0.25, -0.2) is 4.98 Å². The molecule has 0 atom stereocenters. The van der Waals surface area contributed by atoms with E-state index in [0.29, 0.717) is 5.69 Å². The van der Waals surface area contributed by atoms with E-state index in [0.717, 1.165) is 17.0 Å². The summed E-state index contributed by atoms with van der Waals surface area (Å²) in [6.45, 7) is 2.11. The Morgan fingerprint density at radius 2 is 2.00 bits per heavy atom. The molecular formula is C13H12NNaO2S. The van der Waals surface area contributed by atoms with E-state index in [-0.39, 0.29) is 36.0 Å². The Labute approximate surface area is 132 Å². The Morgan fingerprint density at radius 1 is 1.33 bits per heavy atom. The first-order valence-electron chi connectivity index (χ1n) is 5.42. The van der Waals surface area contributed by atoms with E-state index in [1.165, 1.54) is 16.9 Å². The summed E-state index contributed by atoms with van der Waals surface area (Å²) in [6.07, 6.45) is 0.887. The van der Waals surface area contributed by atoms with E-state index >= 15 is 0 Å². The molecule has 88 valence electrons. The molecule has 5 heteroatoms. The van der Waals surface area contributed by atoms with Gasteiger partial charge in [0.05, 0.1) is 5.69 Å². The molecule has 0 aliphatic carbocycles. The SMILES string of the molecule is CCc1ccc(-c2nc(CC(=O)[O-])cs2)cc1.[Na+]. The van der Waals surface area contributed by atoms with Crippen molar-refractivity contribution in [3.8, 4) is 10.6 Å². The quantitative estimate of drug-likeness (QED) is 0.646. The Hall–Kier alpha value is -0.680. The molecule has 0 amide bonds. The number of aliphatic carboxylic acids is 1. The van der Waals surface area contributed by atoms with Crippen LogP contribution in [-0.2, 0) is 17.6 Å². The maximum absolute atomic E-state index is 10.5. The second-order valence-corrected chi connectivity index (χ2v) is 4.60. The van der Waals surface area contributed by atoms with Crippen LogP contribution in [0.1, 0.15) is 18.2 Å². The van der Waals surface area contributed by atoms with Crippen LogP contribution in [0.3, 0.4) is 0 Å². The summed E-state index contributed by atoms with van der Waals surface area (Å²) in [5.74, 6) is -1.09. The number of hydrogen-bond donors (Lipinski definition) is 0. The molecule has 1 aromatic heterocycles. The minimum absolute atomic E-state index is 0. The summed E-state index contributed by atoms with van der Waals surface area (Å²) in [5.41, 5.74) is 2.86. The van der Waals surface area contributed by atoms with Crippen molar-refractivity contribution < 1.29 is 39.5 Å². The van der Waals surface area contributed by atoms with Gasteiger partial charge in [-0.15, -0.1) is 11.3 Å². The second kappa shape index (κ2) is 7.04. The average Bonchev–Trinajstić information content (AvgIpc) is 2.77. The maximum Gasteiger partial charge on any atom is 1.00 e. The second-order valence-electron chi connectivity index (χ2n) is 3.74. The molecule has 2 rings (SSSR count). The van der Waals surface area contributed by atoms with Gasteiger partial charge in [0.1, 0.15) is 5.01 Å². The third-order valence-corrected chi connectivity index (χ3v) is 3.43. The molecule has 0 aliphatic rings.